The molecule has 0 spiro atoms. The van der Waals surface area contributed by atoms with E-state index < -0.39 is 0 Å². The Balaban J connectivity index is 1.64. The van der Waals surface area contributed by atoms with E-state index in [-0.39, 0.29) is 0 Å². The summed E-state index contributed by atoms with van der Waals surface area (Å²) in [6, 6.07) is 10.7. The topological polar surface area (TPSA) is 49.7 Å². The molecule has 1 aliphatic rings. The number of aromatic amines is 1. The van der Waals surface area contributed by atoms with Crippen molar-refractivity contribution < 1.29 is 0 Å². The summed E-state index contributed by atoms with van der Waals surface area (Å²) in [6.45, 7) is 10.2. The number of aromatic nitrogens is 4. The lowest BCUT2D eigenvalue weighted by molar-refractivity contribution is 0.227. The van der Waals surface area contributed by atoms with Crippen LogP contribution in [0.2, 0.25) is 0 Å². The average Bonchev–Trinajstić information content (AvgIpc) is 3.21. The Morgan fingerprint density at radius 3 is 2.72 bits per heavy atom. The Bertz CT molecular complexity index is 862. The Hall–Kier alpha value is -2.40. The molecular formula is C20H25N5. The van der Waals surface area contributed by atoms with Gasteiger partial charge in [-0.05, 0) is 26.3 Å². The predicted molar refractivity (Wildman–Crippen MR) is 98.4 cm³/mol. The number of nitrogens with zero attached hydrogens (tertiary/aromatic N) is 4. The fourth-order valence-electron chi connectivity index (χ4n) is 3.95. The molecule has 0 fully saturated rings. The van der Waals surface area contributed by atoms with E-state index in [1.165, 1.54) is 28.2 Å². The summed E-state index contributed by atoms with van der Waals surface area (Å²) in [6.07, 6.45) is 1.83. The van der Waals surface area contributed by atoms with Crippen molar-refractivity contribution in [2.45, 2.75) is 46.3 Å². The fraction of sp³-hybridized carbons (Fsp3) is 0.400. The summed E-state index contributed by atoms with van der Waals surface area (Å²) in [5.41, 5.74) is 7.55. The van der Waals surface area contributed by atoms with Gasteiger partial charge in [0.15, 0.2) is 0 Å². The Morgan fingerprint density at radius 1 is 1.20 bits per heavy atom. The number of nitrogens with one attached hydrogen (secondary N) is 1. The molecule has 0 amide bonds. The van der Waals surface area contributed by atoms with Crippen LogP contribution in [0.1, 0.15) is 46.7 Å². The summed E-state index contributed by atoms with van der Waals surface area (Å²) >= 11 is 0. The predicted octanol–water partition coefficient (Wildman–Crippen LogP) is 3.39. The first kappa shape index (κ1) is 16.1. The van der Waals surface area contributed by atoms with E-state index in [4.69, 9.17) is 0 Å². The van der Waals surface area contributed by atoms with Gasteiger partial charge in [-0.1, -0.05) is 30.3 Å². The molecule has 1 unspecified atom stereocenters. The van der Waals surface area contributed by atoms with Crippen molar-refractivity contribution in [1.82, 2.24) is 24.6 Å². The summed E-state index contributed by atoms with van der Waals surface area (Å²) < 4.78 is 2.10. The summed E-state index contributed by atoms with van der Waals surface area (Å²) in [4.78, 5) is 10.5. The van der Waals surface area contributed by atoms with Gasteiger partial charge in [0.25, 0.3) is 0 Å². The molecule has 4 rings (SSSR count). The van der Waals surface area contributed by atoms with Gasteiger partial charge in [0.05, 0.1) is 23.4 Å². The lowest BCUT2D eigenvalue weighted by Gasteiger charge is -2.32. The van der Waals surface area contributed by atoms with E-state index in [9.17, 15) is 0 Å². The van der Waals surface area contributed by atoms with Crippen molar-refractivity contribution in [2.24, 2.45) is 0 Å². The summed E-state index contributed by atoms with van der Waals surface area (Å²) in [5.74, 6) is 0.318. The van der Waals surface area contributed by atoms with E-state index in [1.807, 2.05) is 6.33 Å². The fourth-order valence-corrected chi connectivity index (χ4v) is 3.95. The standard InChI is InChI=1S/C20H25N5/c1-4-25-15(3)17(14(2)23-25)10-24-11-18(16-8-6-5-7-9-16)20-19(12-24)21-13-22-20/h5-9,13,18H,4,10-12H2,1-3H3,(H,21,22). The number of rotatable bonds is 4. The number of H-pyrrole nitrogens is 1. The van der Waals surface area contributed by atoms with Crippen LogP contribution in [0.3, 0.4) is 0 Å². The minimum absolute atomic E-state index is 0.318. The maximum absolute atomic E-state index is 4.68. The largest absolute Gasteiger partial charge is 0.347 e. The average molecular weight is 335 g/mol. The van der Waals surface area contributed by atoms with Gasteiger partial charge in [-0.3, -0.25) is 9.58 Å². The molecule has 5 nitrogen and oxygen atoms in total. The molecule has 2 aromatic heterocycles. The van der Waals surface area contributed by atoms with E-state index in [0.29, 0.717) is 5.92 Å². The molecular weight excluding hydrogens is 310 g/mol. The van der Waals surface area contributed by atoms with Crippen LogP contribution in [0.5, 0.6) is 0 Å². The van der Waals surface area contributed by atoms with Crippen LogP contribution in [0, 0.1) is 13.8 Å². The molecule has 3 heterocycles. The highest BCUT2D eigenvalue weighted by atomic mass is 15.3. The minimum atomic E-state index is 0.318. The van der Waals surface area contributed by atoms with Crippen LogP contribution >= 0.6 is 0 Å². The number of hydrogen-bond donors (Lipinski definition) is 1. The first-order valence-corrected chi connectivity index (χ1v) is 8.99. The molecule has 0 bridgehead atoms. The van der Waals surface area contributed by atoms with Crippen molar-refractivity contribution in [3.05, 3.63) is 70.6 Å². The van der Waals surface area contributed by atoms with Crippen LogP contribution in [-0.4, -0.2) is 31.2 Å². The monoisotopic (exact) mass is 335 g/mol. The van der Waals surface area contributed by atoms with Gasteiger partial charge < -0.3 is 4.98 Å². The summed E-state index contributed by atoms with van der Waals surface area (Å²) in [5, 5.41) is 4.68. The summed E-state index contributed by atoms with van der Waals surface area (Å²) in [7, 11) is 0. The third kappa shape index (κ3) is 2.89. The second-order valence-corrected chi connectivity index (χ2v) is 6.86. The minimum Gasteiger partial charge on any atom is -0.347 e. The maximum atomic E-state index is 4.68. The van der Waals surface area contributed by atoms with Gasteiger partial charge >= 0.3 is 0 Å². The van der Waals surface area contributed by atoms with E-state index in [1.54, 1.807) is 0 Å². The lowest BCUT2D eigenvalue weighted by atomic mass is 9.90. The highest BCUT2D eigenvalue weighted by Crippen LogP contribution is 2.32. The van der Waals surface area contributed by atoms with E-state index in [2.05, 4.69) is 75.8 Å². The first-order chi connectivity index (χ1) is 12.2. The molecule has 1 atom stereocenters. The number of fused-ring (bicyclic) bond motifs is 1. The van der Waals surface area contributed by atoms with Crippen LogP contribution in [-0.2, 0) is 19.6 Å². The zero-order valence-electron chi connectivity index (χ0n) is 15.2. The third-order valence-electron chi connectivity index (χ3n) is 5.32. The van der Waals surface area contributed by atoms with Crippen molar-refractivity contribution in [1.29, 1.82) is 0 Å². The third-order valence-corrected chi connectivity index (χ3v) is 5.32. The molecule has 1 N–H and O–H groups in total. The van der Waals surface area contributed by atoms with Gasteiger partial charge in [0.2, 0.25) is 0 Å². The number of benzene rings is 1. The van der Waals surface area contributed by atoms with Crippen molar-refractivity contribution in [3.8, 4) is 0 Å². The molecule has 25 heavy (non-hydrogen) atoms. The Kier molecular flexibility index (Phi) is 4.17. The lowest BCUT2D eigenvalue weighted by Crippen LogP contribution is -2.34. The smallest absolute Gasteiger partial charge is 0.0925 e. The van der Waals surface area contributed by atoms with Gasteiger partial charge in [0, 0.05) is 43.4 Å². The molecule has 1 aromatic carbocycles. The van der Waals surface area contributed by atoms with Crippen LogP contribution in [0.4, 0.5) is 0 Å². The molecule has 3 aromatic rings. The van der Waals surface area contributed by atoms with Gasteiger partial charge in [-0.2, -0.15) is 5.10 Å². The van der Waals surface area contributed by atoms with Crippen LogP contribution in [0.25, 0.3) is 0 Å². The molecule has 130 valence electrons. The zero-order valence-corrected chi connectivity index (χ0v) is 15.2. The second-order valence-electron chi connectivity index (χ2n) is 6.86. The molecule has 0 aliphatic carbocycles. The number of hydrogen-bond acceptors (Lipinski definition) is 3. The molecule has 5 heteroatoms. The number of aryl methyl sites for hydroxylation is 2. The van der Waals surface area contributed by atoms with E-state index in [0.717, 1.165) is 31.9 Å². The van der Waals surface area contributed by atoms with Gasteiger partial charge in [0.1, 0.15) is 0 Å². The maximum Gasteiger partial charge on any atom is 0.0925 e. The molecule has 0 saturated carbocycles. The Labute approximate surface area is 148 Å². The first-order valence-electron chi connectivity index (χ1n) is 8.99. The second kappa shape index (κ2) is 6.48. The van der Waals surface area contributed by atoms with Crippen LogP contribution in [0.15, 0.2) is 36.7 Å². The van der Waals surface area contributed by atoms with Gasteiger partial charge in [-0.25, -0.2) is 4.98 Å². The van der Waals surface area contributed by atoms with Crippen LogP contribution < -0.4 is 0 Å². The van der Waals surface area contributed by atoms with Gasteiger partial charge in [-0.15, -0.1) is 0 Å². The molecule has 0 radical (unpaired) electrons. The van der Waals surface area contributed by atoms with E-state index >= 15 is 0 Å². The van der Waals surface area contributed by atoms with Crippen molar-refractivity contribution in [2.75, 3.05) is 6.54 Å². The molecule has 1 aliphatic heterocycles. The normalized spacial score (nSPS) is 17.6. The Morgan fingerprint density at radius 2 is 2.00 bits per heavy atom. The highest BCUT2D eigenvalue weighted by Gasteiger charge is 2.29. The number of imidazole rings is 1. The van der Waals surface area contributed by atoms with Crippen molar-refractivity contribution in [3.63, 3.8) is 0 Å². The highest BCUT2D eigenvalue weighted by molar-refractivity contribution is 5.34. The quantitative estimate of drug-likeness (QED) is 0.795. The SMILES string of the molecule is CCn1nc(C)c(CN2Cc3[nH]cnc3C(c3ccccc3)C2)c1C. The van der Waals surface area contributed by atoms with Crippen molar-refractivity contribution >= 4 is 0 Å². The zero-order chi connectivity index (χ0) is 17.4. The molecule has 0 saturated heterocycles.